The fourth-order valence-electron chi connectivity index (χ4n) is 2.85. The molecule has 136 valence electrons. The molecule has 0 radical (unpaired) electrons. The molecule has 1 fully saturated rings. The van der Waals surface area contributed by atoms with Crippen molar-refractivity contribution in [2.24, 2.45) is 0 Å². The van der Waals surface area contributed by atoms with Gasteiger partial charge < -0.3 is 14.7 Å². The van der Waals surface area contributed by atoms with Gasteiger partial charge in [0.1, 0.15) is 11.6 Å². The van der Waals surface area contributed by atoms with E-state index >= 15 is 0 Å². The Morgan fingerprint density at radius 3 is 2.42 bits per heavy atom. The first-order chi connectivity index (χ1) is 11.0. The van der Waals surface area contributed by atoms with Gasteiger partial charge in [-0.05, 0) is 13.3 Å². The van der Waals surface area contributed by atoms with Crippen LogP contribution in [0.25, 0.3) is 0 Å². The summed E-state index contributed by atoms with van der Waals surface area (Å²) in [5.41, 5.74) is 0.908. The van der Waals surface area contributed by atoms with Gasteiger partial charge in [-0.1, -0.05) is 41.5 Å². The highest BCUT2D eigenvalue weighted by atomic mass is 16.5. The summed E-state index contributed by atoms with van der Waals surface area (Å²) in [6.45, 7) is 16.9. The molecule has 1 N–H and O–H groups in total. The molecule has 0 amide bonds. The van der Waals surface area contributed by atoms with Crippen molar-refractivity contribution in [3.63, 3.8) is 0 Å². The smallest absolute Gasteiger partial charge is 0.136 e. The highest BCUT2D eigenvalue weighted by Gasteiger charge is 2.29. The van der Waals surface area contributed by atoms with Gasteiger partial charge in [-0.2, -0.15) is 0 Å². The predicted octanol–water partition coefficient (Wildman–Crippen LogP) is 3.05. The summed E-state index contributed by atoms with van der Waals surface area (Å²) >= 11 is 0. The minimum absolute atomic E-state index is 0.0380. The van der Waals surface area contributed by atoms with E-state index in [-0.39, 0.29) is 23.0 Å². The molecule has 2 rings (SSSR count). The van der Waals surface area contributed by atoms with Crippen molar-refractivity contribution in [2.75, 3.05) is 24.7 Å². The average molecular weight is 335 g/mol. The van der Waals surface area contributed by atoms with Crippen LogP contribution in [0.3, 0.4) is 0 Å². The quantitative estimate of drug-likeness (QED) is 0.920. The second kappa shape index (κ2) is 6.96. The Labute approximate surface area is 146 Å². The lowest BCUT2D eigenvalue weighted by atomic mass is 9.90. The molecule has 0 spiro atoms. The third-order valence-electron chi connectivity index (χ3n) is 4.29. The summed E-state index contributed by atoms with van der Waals surface area (Å²) in [5.74, 6) is 1.82. The van der Waals surface area contributed by atoms with Crippen LogP contribution in [0.5, 0.6) is 0 Å². The molecule has 2 unspecified atom stereocenters. The topological polar surface area (TPSA) is 58.5 Å². The molecule has 1 saturated heterocycles. The van der Waals surface area contributed by atoms with Gasteiger partial charge in [0, 0.05) is 23.4 Å². The first kappa shape index (κ1) is 19.1. The van der Waals surface area contributed by atoms with Gasteiger partial charge in [0.05, 0.1) is 31.1 Å². The van der Waals surface area contributed by atoms with Gasteiger partial charge in [-0.25, -0.2) is 9.97 Å². The Morgan fingerprint density at radius 1 is 1.21 bits per heavy atom. The molecule has 1 aromatic rings. The normalized spacial score (nSPS) is 21.0. The SMILES string of the molecule is CC(O)CC1COCCN1c1cc(C(C)(C)C)nc(C(C)(C)C)n1. The van der Waals surface area contributed by atoms with Crippen molar-refractivity contribution < 1.29 is 9.84 Å². The van der Waals surface area contributed by atoms with Gasteiger partial charge in [-0.15, -0.1) is 0 Å². The molecule has 1 aromatic heterocycles. The van der Waals surface area contributed by atoms with Crippen LogP contribution in [-0.4, -0.2) is 47.0 Å². The molecule has 24 heavy (non-hydrogen) atoms. The van der Waals surface area contributed by atoms with Crippen LogP contribution >= 0.6 is 0 Å². The predicted molar refractivity (Wildman–Crippen MR) is 97.7 cm³/mol. The number of rotatable bonds is 3. The summed E-state index contributed by atoms with van der Waals surface area (Å²) in [6.07, 6.45) is 0.324. The standard InChI is InChI=1S/C19H33N3O2/c1-13(23)10-14-12-24-9-8-22(14)16-11-15(18(2,3)4)20-17(21-16)19(5,6)7/h11,13-14,23H,8-10,12H2,1-7H3. The minimum atomic E-state index is -0.356. The van der Waals surface area contributed by atoms with Crippen molar-refractivity contribution >= 4 is 5.82 Å². The molecule has 1 aliphatic rings. The number of aliphatic hydroxyl groups is 1. The molecule has 5 heteroatoms. The van der Waals surface area contributed by atoms with E-state index in [0.29, 0.717) is 19.6 Å². The van der Waals surface area contributed by atoms with E-state index in [4.69, 9.17) is 14.7 Å². The number of ether oxygens (including phenoxy) is 1. The van der Waals surface area contributed by atoms with Crippen molar-refractivity contribution in [3.8, 4) is 0 Å². The van der Waals surface area contributed by atoms with Crippen molar-refractivity contribution in [1.29, 1.82) is 0 Å². The van der Waals surface area contributed by atoms with Crippen LogP contribution in [0.1, 0.15) is 66.4 Å². The van der Waals surface area contributed by atoms with Crippen LogP contribution in [0.2, 0.25) is 0 Å². The summed E-state index contributed by atoms with van der Waals surface area (Å²) < 4.78 is 5.63. The van der Waals surface area contributed by atoms with E-state index in [1.165, 1.54) is 0 Å². The molecule has 1 aliphatic heterocycles. The third kappa shape index (κ3) is 4.67. The Morgan fingerprint density at radius 2 is 1.88 bits per heavy atom. The highest BCUT2D eigenvalue weighted by molar-refractivity contribution is 5.44. The Hall–Kier alpha value is -1.20. The number of hydrogen-bond acceptors (Lipinski definition) is 5. The van der Waals surface area contributed by atoms with E-state index in [1.807, 2.05) is 6.92 Å². The number of hydrogen-bond donors (Lipinski definition) is 1. The number of nitrogens with zero attached hydrogens (tertiary/aromatic N) is 3. The maximum atomic E-state index is 9.82. The molecule has 0 aliphatic carbocycles. The molecular formula is C19H33N3O2. The number of aliphatic hydroxyl groups excluding tert-OH is 1. The Bertz CT molecular complexity index is 526. The van der Waals surface area contributed by atoms with Crippen molar-refractivity contribution in [3.05, 3.63) is 17.6 Å². The number of anilines is 1. The molecule has 0 bridgehead atoms. The largest absolute Gasteiger partial charge is 0.393 e. The van der Waals surface area contributed by atoms with Crippen molar-refractivity contribution in [1.82, 2.24) is 9.97 Å². The first-order valence-corrected chi connectivity index (χ1v) is 8.91. The van der Waals surface area contributed by atoms with Gasteiger partial charge in [0.2, 0.25) is 0 Å². The highest BCUT2D eigenvalue weighted by Crippen LogP contribution is 2.30. The zero-order chi connectivity index (χ0) is 18.1. The lowest BCUT2D eigenvalue weighted by molar-refractivity contribution is 0.0717. The van der Waals surface area contributed by atoms with E-state index in [0.717, 1.165) is 23.9 Å². The fourth-order valence-corrected chi connectivity index (χ4v) is 2.85. The molecule has 5 nitrogen and oxygen atoms in total. The average Bonchev–Trinajstić information content (AvgIpc) is 2.45. The van der Waals surface area contributed by atoms with Crippen LogP contribution in [0.4, 0.5) is 5.82 Å². The molecule has 2 atom stereocenters. The summed E-state index contributed by atoms with van der Waals surface area (Å²) in [4.78, 5) is 12.0. The van der Waals surface area contributed by atoms with Crippen LogP contribution in [-0.2, 0) is 15.6 Å². The second-order valence-corrected chi connectivity index (χ2v) is 8.94. The van der Waals surface area contributed by atoms with Crippen LogP contribution in [0, 0.1) is 0 Å². The van der Waals surface area contributed by atoms with Crippen LogP contribution in [0.15, 0.2) is 6.07 Å². The molecule has 0 saturated carbocycles. The van der Waals surface area contributed by atoms with E-state index in [2.05, 4.69) is 52.5 Å². The van der Waals surface area contributed by atoms with Gasteiger partial charge in [-0.3, -0.25) is 0 Å². The van der Waals surface area contributed by atoms with E-state index < -0.39 is 0 Å². The fraction of sp³-hybridized carbons (Fsp3) is 0.789. The monoisotopic (exact) mass is 335 g/mol. The van der Waals surface area contributed by atoms with E-state index in [1.54, 1.807) is 0 Å². The summed E-state index contributed by atoms with van der Waals surface area (Å²) in [5, 5.41) is 9.82. The maximum absolute atomic E-state index is 9.82. The second-order valence-electron chi connectivity index (χ2n) is 8.94. The first-order valence-electron chi connectivity index (χ1n) is 8.91. The zero-order valence-corrected chi connectivity index (χ0v) is 16.3. The molecular weight excluding hydrogens is 302 g/mol. The maximum Gasteiger partial charge on any atom is 0.136 e. The lowest BCUT2D eigenvalue weighted by Gasteiger charge is -2.38. The number of morpholine rings is 1. The van der Waals surface area contributed by atoms with Gasteiger partial charge >= 0.3 is 0 Å². The zero-order valence-electron chi connectivity index (χ0n) is 16.3. The summed E-state index contributed by atoms with van der Waals surface area (Å²) in [6, 6.07) is 2.25. The Balaban J connectivity index is 2.47. The third-order valence-corrected chi connectivity index (χ3v) is 4.29. The minimum Gasteiger partial charge on any atom is -0.393 e. The van der Waals surface area contributed by atoms with E-state index in [9.17, 15) is 5.11 Å². The van der Waals surface area contributed by atoms with Crippen LogP contribution < -0.4 is 4.90 Å². The van der Waals surface area contributed by atoms with Crippen molar-refractivity contribution in [2.45, 2.75) is 77.9 Å². The summed E-state index contributed by atoms with van der Waals surface area (Å²) in [7, 11) is 0. The molecule has 2 heterocycles. The number of aromatic nitrogens is 2. The Kier molecular flexibility index (Phi) is 5.55. The molecule has 0 aromatic carbocycles. The van der Waals surface area contributed by atoms with Gasteiger partial charge in [0.25, 0.3) is 0 Å². The lowest BCUT2D eigenvalue weighted by Crippen LogP contribution is -2.47. The van der Waals surface area contributed by atoms with Gasteiger partial charge in [0.15, 0.2) is 0 Å².